The molecule has 1 saturated carbocycles. The number of rotatable bonds is 2. The second-order valence-electron chi connectivity index (χ2n) is 7.12. The zero-order chi connectivity index (χ0) is 15.8. The first-order valence-corrected chi connectivity index (χ1v) is 9.26. The summed E-state index contributed by atoms with van der Waals surface area (Å²) in [5.74, 6) is 3.07. The summed E-state index contributed by atoms with van der Waals surface area (Å²) < 4.78 is 1.91. The molecule has 0 spiro atoms. The van der Waals surface area contributed by atoms with E-state index in [9.17, 15) is 0 Å². The summed E-state index contributed by atoms with van der Waals surface area (Å²) >= 11 is 6.63. The fourth-order valence-corrected chi connectivity index (χ4v) is 4.40. The molecule has 124 valence electrons. The number of nitrogens with zero attached hydrogens (tertiary/aromatic N) is 5. The normalized spacial score (nSPS) is 21.2. The highest BCUT2D eigenvalue weighted by Gasteiger charge is 2.29. The molecule has 0 amide bonds. The lowest BCUT2D eigenvalue weighted by Crippen LogP contribution is -2.35. The van der Waals surface area contributed by atoms with Gasteiger partial charge in [-0.3, -0.25) is 0 Å². The average Bonchev–Trinajstić information content (AvgIpc) is 3.03. The van der Waals surface area contributed by atoms with Crippen LogP contribution in [0.15, 0.2) is 6.33 Å². The number of piperidine rings is 1. The van der Waals surface area contributed by atoms with E-state index >= 15 is 0 Å². The predicted molar refractivity (Wildman–Crippen MR) is 92.2 cm³/mol. The molecule has 1 aliphatic carbocycles. The minimum atomic E-state index is 0.506. The quantitative estimate of drug-likeness (QED) is 0.777. The van der Waals surface area contributed by atoms with Crippen LogP contribution in [0.25, 0.3) is 5.78 Å². The predicted octanol–water partition coefficient (Wildman–Crippen LogP) is 4.06. The lowest BCUT2D eigenvalue weighted by Gasteiger charge is -2.35. The highest BCUT2D eigenvalue weighted by atomic mass is 35.5. The van der Waals surface area contributed by atoms with Crippen LogP contribution in [0.2, 0.25) is 5.15 Å². The van der Waals surface area contributed by atoms with Crippen molar-refractivity contribution in [1.82, 2.24) is 19.6 Å². The summed E-state index contributed by atoms with van der Waals surface area (Å²) in [7, 11) is 0. The monoisotopic (exact) mass is 333 g/mol. The van der Waals surface area contributed by atoms with Gasteiger partial charge in [-0.05, 0) is 37.5 Å². The van der Waals surface area contributed by atoms with Gasteiger partial charge in [0.1, 0.15) is 17.3 Å². The lowest BCUT2D eigenvalue weighted by atomic mass is 9.84. The number of halogens is 1. The highest BCUT2D eigenvalue weighted by molar-refractivity contribution is 6.30. The molecular weight excluding hydrogens is 310 g/mol. The van der Waals surface area contributed by atoms with Crippen molar-refractivity contribution in [2.45, 2.75) is 57.8 Å². The molecule has 0 radical (unpaired) electrons. The fourth-order valence-electron chi connectivity index (χ4n) is 4.08. The second kappa shape index (κ2) is 6.27. The van der Waals surface area contributed by atoms with Gasteiger partial charge in [-0.25, -0.2) is 0 Å². The van der Waals surface area contributed by atoms with Gasteiger partial charge in [0.05, 0.1) is 0 Å². The Morgan fingerprint density at radius 1 is 1.09 bits per heavy atom. The minimum absolute atomic E-state index is 0.506. The van der Waals surface area contributed by atoms with E-state index in [4.69, 9.17) is 11.6 Å². The SMILES string of the molecule is CC1CCN(c2c(C3CCCCC3)c(Cl)nc3ncnn23)CC1. The smallest absolute Gasteiger partial charge is 0.255 e. The molecule has 4 rings (SSSR count). The standard InChI is InChI=1S/C17H24ClN5/c1-12-7-9-22(10-8-12)16-14(13-5-3-2-4-6-13)15(18)21-17-19-11-20-23(16)17/h11-13H,2-10H2,1H3. The third-order valence-corrected chi connectivity index (χ3v) is 5.78. The van der Waals surface area contributed by atoms with E-state index in [-0.39, 0.29) is 0 Å². The van der Waals surface area contributed by atoms with Crippen molar-refractivity contribution in [3.63, 3.8) is 0 Å². The van der Waals surface area contributed by atoms with Crippen LogP contribution in [0.1, 0.15) is 63.4 Å². The number of fused-ring (bicyclic) bond motifs is 1. The summed E-state index contributed by atoms with van der Waals surface area (Å²) in [4.78, 5) is 11.2. The zero-order valence-corrected chi connectivity index (χ0v) is 14.5. The van der Waals surface area contributed by atoms with E-state index < -0.39 is 0 Å². The van der Waals surface area contributed by atoms with Gasteiger partial charge in [-0.1, -0.05) is 37.8 Å². The van der Waals surface area contributed by atoms with Crippen molar-refractivity contribution in [1.29, 1.82) is 0 Å². The second-order valence-corrected chi connectivity index (χ2v) is 7.47. The Morgan fingerprint density at radius 3 is 2.57 bits per heavy atom. The number of aromatic nitrogens is 4. The number of hydrogen-bond donors (Lipinski definition) is 0. The van der Waals surface area contributed by atoms with Crippen LogP contribution < -0.4 is 4.90 Å². The lowest BCUT2D eigenvalue weighted by molar-refractivity contribution is 0.423. The van der Waals surface area contributed by atoms with E-state index in [0.717, 1.165) is 24.8 Å². The Kier molecular flexibility index (Phi) is 4.14. The molecule has 0 bridgehead atoms. The molecule has 1 saturated heterocycles. The third kappa shape index (κ3) is 2.80. The fraction of sp³-hybridized carbons (Fsp3) is 0.706. The van der Waals surface area contributed by atoms with Gasteiger partial charge >= 0.3 is 0 Å². The summed E-state index contributed by atoms with van der Waals surface area (Å²) in [6.07, 6.45) is 10.3. The first-order chi connectivity index (χ1) is 11.2. The molecule has 0 N–H and O–H groups in total. The Balaban J connectivity index is 1.82. The van der Waals surface area contributed by atoms with E-state index in [0.29, 0.717) is 16.8 Å². The molecule has 1 aliphatic heterocycles. The minimum Gasteiger partial charge on any atom is -0.356 e. The molecule has 0 unspecified atom stereocenters. The molecule has 2 aromatic heterocycles. The van der Waals surface area contributed by atoms with Gasteiger partial charge in [0.2, 0.25) is 0 Å². The van der Waals surface area contributed by atoms with E-state index in [2.05, 4.69) is 26.9 Å². The van der Waals surface area contributed by atoms with Crippen molar-refractivity contribution < 1.29 is 0 Å². The van der Waals surface area contributed by atoms with Gasteiger partial charge in [0.15, 0.2) is 0 Å². The van der Waals surface area contributed by atoms with Crippen LogP contribution >= 0.6 is 11.6 Å². The maximum absolute atomic E-state index is 6.63. The van der Waals surface area contributed by atoms with Crippen LogP contribution in [0.3, 0.4) is 0 Å². The maximum atomic E-state index is 6.63. The molecule has 6 heteroatoms. The van der Waals surface area contributed by atoms with Crippen LogP contribution in [-0.2, 0) is 0 Å². The van der Waals surface area contributed by atoms with Crippen LogP contribution in [-0.4, -0.2) is 32.7 Å². The van der Waals surface area contributed by atoms with Crippen molar-refractivity contribution in [2.75, 3.05) is 18.0 Å². The van der Waals surface area contributed by atoms with Gasteiger partial charge in [0, 0.05) is 18.7 Å². The summed E-state index contributed by atoms with van der Waals surface area (Å²) in [6, 6.07) is 0. The average molecular weight is 334 g/mol. The van der Waals surface area contributed by atoms with E-state index in [1.54, 1.807) is 6.33 Å². The summed E-state index contributed by atoms with van der Waals surface area (Å²) in [5.41, 5.74) is 1.21. The Labute approximate surface area is 142 Å². The summed E-state index contributed by atoms with van der Waals surface area (Å²) in [5, 5.41) is 5.08. The van der Waals surface area contributed by atoms with Crippen molar-refractivity contribution in [3.8, 4) is 0 Å². The molecule has 0 aromatic carbocycles. The molecule has 2 aliphatic rings. The first-order valence-electron chi connectivity index (χ1n) is 8.88. The van der Waals surface area contributed by atoms with Gasteiger partial charge < -0.3 is 4.90 Å². The van der Waals surface area contributed by atoms with Crippen molar-refractivity contribution in [2.24, 2.45) is 5.92 Å². The van der Waals surface area contributed by atoms with Crippen LogP contribution in [0.5, 0.6) is 0 Å². The molecule has 2 fully saturated rings. The summed E-state index contributed by atoms with van der Waals surface area (Å²) in [6.45, 7) is 4.47. The van der Waals surface area contributed by atoms with E-state index in [1.165, 1.54) is 50.5 Å². The first kappa shape index (κ1) is 15.2. The maximum Gasteiger partial charge on any atom is 0.255 e. The van der Waals surface area contributed by atoms with Crippen LogP contribution in [0.4, 0.5) is 5.82 Å². The third-order valence-electron chi connectivity index (χ3n) is 5.49. The molecule has 2 aromatic rings. The molecule has 5 nitrogen and oxygen atoms in total. The molecule has 23 heavy (non-hydrogen) atoms. The Morgan fingerprint density at radius 2 is 1.83 bits per heavy atom. The number of hydrogen-bond acceptors (Lipinski definition) is 4. The Bertz CT molecular complexity index is 684. The van der Waals surface area contributed by atoms with E-state index in [1.807, 2.05) is 4.52 Å². The Hall–Kier alpha value is -1.36. The van der Waals surface area contributed by atoms with Gasteiger partial charge in [-0.15, -0.1) is 0 Å². The van der Waals surface area contributed by atoms with Crippen LogP contribution in [0, 0.1) is 5.92 Å². The van der Waals surface area contributed by atoms with Gasteiger partial charge in [0.25, 0.3) is 5.78 Å². The molecular formula is C17H24ClN5. The van der Waals surface area contributed by atoms with Gasteiger partial charge in [-0.2, -0.15) is 19.6 Å². The zero-order valence-electron chi connectivity index (χ0n) is 13.7. The van der Waals surface area contributed by atoms with Crippen molar-refractivity contribution >= 4 is 23.2 Å². The molecule has 0 atom stereocenters. The van der Waals surface area contributed by atoms with Crippen molar-refractivity contribution in [3.05, 3.63) is 17.0 Å². The molecule has 3 heterocycles. The number of anilines is 1. The highest BCUT2D eigenvalue weighted by Crippen LogP contribution is 2.41. The largest absolute Gasteiger partial charge is 0.356 e. The topological polar surface area (TPSA) is 46.3 Å².